The fourth-order valence-corrected chi connectivity index (χ4v) is 3.01. The van der Waals surface area contributed by atoms with Gasteiger partial charge < -0.3 is 10.2 Å². The number of benzene rings is 1. The van der Waals surface area contributed by atoms with Crippen molar-refractivity contribution in [2.45, 2.75) is 25.4 Å². The summed E-state index contributed by atoms with van der Waals surface area (Å²) in [5, 5.41) is 3.45. The summed E-state index contributed by atoms with van der Waals surface area (Å²) in [5.41, 5.74) is 4.10. The van der Waals surface area contributed by atoms with Crippen molar-refractivity contribution in [2.75, 3.05) is 18.5 Å². The average Bonchev–Trinajstić information content (AvgIpc) is 2.68. The fourth-order valence-electron chi connectivity index (χ4n) is 3.01. The third-order valence-corrected chi connectivity index (χ3v) is 4.04. The molecule has 0 aliphatic carbocycles. The minimum Gasteiger partial charge on any atom is -0.367 e. The van der Waals surface area contributed by atoms with Crippen LogP contribution in [0, 0.1) is 0 Å². The Labute approximate surface area is 120 Å². The highest BCUT2D eigenvalue weighted by atomic mass is 15.1. The lowest BCUT2D eigenvalue weighted by Crippen LogP contribution is -2.23. The monoisotopic (exact) mass is 267 g/mol. The molecule has 2 heterocycles. The Morgan fingerprint density at radius 3 is 2.80 bits per heavy atom. The van der Waals surface area contributed by atoms with Crippen LogP contribution in [0.5, 0.6) is 0 Å². The molecule has 0 spiro atoms. The van der Waals surface area contributed by atoms with Crippen LogP contribution in [-0.4, -0.2) is 18.6 Å². The van der Waals surface area contributed by atoms with Gasteiger partial charge in [-0.2, -0.15) is 0 Å². The van der Waals surface area contributed by atoms with Gasteiger partial charge in [0.25, 0.3) is 0 Å². The van der Waals surface area contributed by atoms with Gasteiger partial charge in [-0.15, -0.1) is 0 Å². The van der Waals surface area contributed by atoms with Crippen molar-refractivity contribution >= 4 is 5.69 Å². The molecule has 20 heavy (non-hydrogen) atoms. The summed E-state index contributed by atoms with van der Waals surface area (Å²) < 4.78 is 0. The van der Waals surface area contributed by atoms with Crippen molar-refractivity contribution < 1.29 is 0 Å². The van der Waals surface area contributed by atoms with Crippen LogP contribution in [0.3, 0.4) is 0 Å². The highest BCUT2D eigenvalue weighted by Gasteiger charge is 2.21. The van der Waals surface area contributed by atoms with Crippen molar-refractivity contribution in [3.63, 3.8) is 0 Å². The first kappa shape index (κ1) is 13.1. The molecule has 0 saturated heterocycles. The first-order chi connectivity index (χ1) is 9.88. The Hall–Kier alpha value is -1.87. The van der Waals surface area contributed by atoms with Crippen molar-refractivity contribution in [3.8, 4) is 0 Å². The van der Waals surface area contributed by atoms with Gasteiger partial charge >= 0.3 is 0 Å². The molecular weight excluding hydrogens is 246 g/mol. The van der Waals surface area contributed by atoms with Crippen LogP contribution >= 0.6 is 0 Å². The molecule has 1 N–H and O–H groups in total. The van der Waals surface area contributed by atoms with Gasteiger partial charge in [0.15, 0.2) is 0 Å². The van der Waals surface area contributed by atoms with E-state index in [2.05, 4.69) is 58.6 Å². The lowest BCUT2D eigenvalue weighted by atomic mass is 10.0. The number of anilines is 1. The van der Waals surface area contributed by atoms with Crippen LogP contribution in [-0.2, 0) is 6.54 Å². The molecule has 1 aromatic carbocycles. The Morgan fingerprint density at radius 1 is 1.20 bits per heavy atom. The molecular formula is C17H21N3. The number of hydrogen-bond acceptors (Lipinski definition) is 3. The molecule has 0 fully saturated rings. The Balaban J connectivity index is 1.91. The maximum atomic E-state index is 4.10. The lowest BCUT2D eigenvalue weighted by Gasteiger charge is -2.26. The summed E-state index contributed by atoms with van der Waals surface area (Å²) in [5.74, 6) is 0. The number of para-hydroxylation sites is 1. The zero-order valence-corrected chi connectivity index (χ0v) is 11.9. The van der Waals surface area contributed by atoms with E-state index in [0.717, 1.165) is 13.1 Å². The molecule has 0 amide bonds. The maximum absolute atomic E-state index is 4.10. The average molecular weight is 267 g/mol. The summed E-state index contributed by atoms with van der Waals surface area (Å²) in [6.45, 7) is 2.06. The number of hydrogen-bond donors (Lipinski definition) is 1. The zero-order valence-electron chi connectivity index (χ0n) is 11.9. The third kappa shape index (κ3) is 2.68. The van der Waals surface area contributed by atoms with Crippen molar-refractivity contribution in [3.05, 3.63) is 59.9 Å². The van der Waals surface area contributed by atoms with Gasteiger partial charge in [0.05, 0.1) is 0 Å². The largest absolute Gasteiger partial charge is 0.367 e. The molecule has 1 unspecified atom stereocenters. The molecule has 1 aliphatic heterocycles. The van der Waals surface area contributed by atoms with E-state index in [1.807, 2.05) is 12.4 Å². The molecule has 3 heteroatoms. The van der Waals surface area contributed by atoms with Gasteiger partial charge in [0.2, 0.25) is 0 Å². The second kappa shape index (κ2) is 6.06. The van der Waals surface area contributed by atoms with Crippen molar-refractivity contribution in [2.24, 2.45) is 0 Å². The molecule has 3 rings (SSSR count). The van der Waals surface area contributed by atoms with E-state index < -0.39 is 0 Å². The number of nitrogens with zero attached hydrogens (tertiary/aromatic N) is 2. The molecule has 1 atom stereocenters. The number of fused-ring (bicyclic) bond motifs is 1. The predicted molar refractivity (Wildman–Crippen MR) is 82.8 cm³/mol. The second-order valence-electron chi connectivity index (χ2n) is 5.32. The van der Waals surface area contributed by atoms with E-state index in [-0.39, 0.29) is 0 Å². The van der Waals surface area contributed by atoms with E-state index in [9.17, 15) is 0 Å². The number of rotatable bonds is 3. The number of pyridine rings is 1. The van der Waals surface area contributed by atoms with Gasteiger partial charge in [0.1, 0.15) is 0 Å². The van der Waals surface area contributed by atoms with E-state index in [1.54, 1.807) is 0 Å². The van der Waals surface area contributed by atoms with Gasteiger partial charge in [-0.25, -0.2) is 0 Å². The summed E-state index contributed by atoms with van der Waals surface area (Å²) in [4.78, 5) is 6.59. The summed E-state index contributed by atoms with van der Waals surface area (Å²) in [7, 11) is 2.06. The first-order valence-corrected chi connectivity index (χ1v) is 7.28. The SMILES string of the molecule is CNC1CCCN(Cc2ccncc2)c2ccccc21. The molecule has 3 nitrogen and oxygen atoms in total. The Kier molecular flexibility index (Phi) is 3.97. The quantitative estimate of drug-likeness (QED) is 0.926. The summed E-state index contributed by atoms with van der Waals surface area (Å²) in [6, 6.07) is 13.4. The Bertz CT molecular complexity index is 553. The zero-order chi connectivity index (χ0) is 13.8. The molecule has 0 saturated carbocycles. The second-order valence-corrected chi connectivity index (χ2v) is 5.32. The highest BCUT2D eigenvalue weighted by molar-refractivity contribution is 5.56. The summed E-state index contributed by atoms with van der Waals surface area (Å²) in [6.07, 6.45) is 6.15. The van der Waals surface area contributed by atoms with Crippen molar-refractivity contribution in [1.82, 2.24) is 10.3 Å². The Morgan fingerprint density at radius 2 is 2.00 bits per heavy atom. The van der Waals surface area contributed by atoms with E-state index >= 15 is 0 Å². The van der Waals surface area contributed by atoms with Crippen LogP contribution in [0.25, 0.3) is 0 Å². The smallest absolute Gasteiger partial charge is 0.0430 e. The molecule has 104 valence electrons. The van der Waals surface area contributed by atoms with Crippen molar-refractivity contribution in [1.29, 1.82) is 0 Å². The van der Waals surface area contributed by atoms with Crippen LogP contribution in [0.15, 0.2) is 48.8 Å². The molecule has 1 aliphatic rings. The number of nitrogens with one attached hydrogen (secondary N) is 1. The van der Waals surface area contributed by atoms with Gasteiger partial charge in [-0.05, 0) is 49.2 Å². The van der Waals surface area contributed by atoms with E-state index in [1.165, 1.54) is 29.7 Å². The lowest BCUT2D eigenvalue weighted by molar-refractivity contribution is 0.541. The molecule has 0 bridgehead atoms. The van der Waals surface area contributed by atoms with Crippen LogP contribution in [0.1, 0.15) is 30.0 Å². The topological polar surface area (TPSA) is 28.2 Å². The number of aromatic nitrogens is 1. The highest BCUT2D eigenvalue weighted by Crippen LogP contribution is 2.33. The standard InChI is InChI=1S/C17H21N3/c1-18-16-6-4-12-20(13-14-8-10-19-11-9-14)17-7-3-2-5-15(16)17/h2-3,5,7-11,16,18H,4,6,12-13H2,1H3. The van der Waals surface area contributed by atoms with Crippen LogP contribution < -0.4 is 10.2 Å². The van der Waals surface area contributed by atoms with Crippen LogP contribution in [0.2, 0.25) is 0 Å². The third-order valence-electron chi connectivity index (χ3n) is 4.04. The van der Waals surface area contributed by atoms with Gasteiger partial charge in [-0.1, -0.05) is 18.2 Å². The van der Waals surface area contributed by atoms with E-state index in [4.69, 9.17) is 0 Å². The van der Waals surface area contributed by atoms with Crippen LogP contribution in [0.4, 0.5) is 5.69 Å². The van der Waals surface area contributed by atoms with Gasteiger partial charge in [0, 0.05) is 37.2 Å². The molecule has 1 aromatic heterocycles. The minimum absolute atomic E-state index is 0.466. The molecule has 2 aromatic rings. The fraction of sp³-hybridized carbons (Fsp3) is 0.353. The van der Waals surface area contributed by atoms with E-state index in [0.29, 0.717) is 6.04 Å². The molecule has 0 radical (unpaired) electrons. The summed E-state index contributed by atoms with van der Waals surface area (Å²) >= 11 is 0. The predicted octanol–water partition coefficient (Wildman–Crippen LogP) is 3.14. The maximum Gasteiger partial charge on any atom is 0.0430 e. The van der Waals surface area contributed by atoms with Gasteiger partial charge in [-0.3, -0.25) is 4.98 Å². The minimum atomic E-state index is 0.466. The first-order valence-electron chi connectivity index (χ1n) is 7.28. The normalized spacial score (nSPS) is 18.4.